The molecule has 1 heterocycles. The number of hydrogen-bond donors (Lipinski definition) is 1. The number of carbonyl (C=O) groups is 2. The Labute approximate surface area is 123 Å². The number of benzene rings is 1. The van der Waals surface area contributed by atoms with Crippen molar-refractivity contribution in [3.8, 4) is 0 Å². The molecule has 1 atom stereocenters. The minimum atomic E-state index is -1.02. The summed E-state index contributed by atoms with van der Waals surface area (Å²) >= 11 is 0. The van der Waals surface area contributed by atoms with Crippen molar-refractivity contribution in [3.05, 3.63) is 35.9 Å². The number of carbonyl (C=O) groups excluding carboxylic acids is 1. The van der Waals surface area contributed by atoms with Gasteiger partial charge in [-0.15, -0.1) is 0 Å². The van der Waals surface area contributed by atoms with Gasteiger partial charge in [0.25, 0.3) is 0 Å². The van der Waals surface area contributed by atoms with E-state index in [1.54, 1.807) is 0 Å². The number of amides is 1. The van der Waals surface area contributed by atoms with Crippen molar-refractivity contribution < 1.29 is 19.1 Å². The van der Waals surface area contributed by atoms with Gasteiger partial charge in [0.15, 0.2) is 0 Å². The minimum absolute atomic E-state index is 0.0358. The Kier molecular flexibility index (Phi) is 5.27. The second kappa shape index (κ2) is 7.17. The highest BCUT2D eigenvalue weighted by Gasteiger charge is 2.35. The molecule has 1 fully saturated rings. The van der Waals surface area contributed by atoms with Crippen LogP contribution < -0.4 is 0 Å². The zero-order chi connectivity index (χ0) is 15.2. The molecule has 114 valence electrons. The zero-order valence-corrected chi connectivity index (χ0v) is 11.7. The van der Waals surface area contributed by atoms with E-state index in [1.165, 1.54) is 4.90 Å². The van der Waals surface area contributed by atoms with E-state index in [4.69, 9.17) is 5.11 Å². The van der Waals surface area contributed by atoms with E-state index in [2.05, 4.69) is 0 Å². The predicted octanol–water partition coefficient (Wildman–Crippen LogP) is 1.14. The molecule has 1 amide bonds. The lowest BCUT2D eigenvalue weighted by Gasteiger charge is -2.39. The summed E-state index contributed by atoms with van der Waals surface area (Å²) in [5, 5.41) is 9.01. The van der Waals surface area contributed by atoms with Gasteiger partial charge >= 0.3 is 5.97 Å². The summed E-state index contributed by atoms with van der Waals surface area (Å²) < 4.78 is 12.5. The van der Waals surface area contributed by atoms with Gasteiger partial charge < -0.3 is 10.0 Å². The molecule has 1 aliphatic heterocycles. The molecule has 0 radical (unpaired) electrons. The number of alkyl halides is 1. The van der Waals surface area contributed by atoms with Crippen molar-refractivity contribution in [2.24, 2.45) is 0 Å². The molecule has 21 heavy (non-hydrogen) atoms. The highest BCUT2D eigenvalue weighted by atomic mass is 19.1. The summed E-state index contributed by atoms with van der Waals surface area (Å²) in [5.74, 6) is -1.31. The highest BCUT2D eigenvalue weighted by molar-refractivity contribution is 5.86. The van der Waals surface area contributed by atoms with Gasteiger partial charge in [-0.25, -0.2) is 4.39 Å². The van der Waals surface area contributed by atoms with Crippen LogP contribution in [0.1, 0.15) is 12.0 Å². The number of halogens is 1. The fourth-order valence-corrected chi connectivity index (χ4v) is 2.60. The summed E-state index contributed by atoms with van der Waals surface area (Å²) in [5.41, 5.74) is 1.03. The normalized spacial score (nSPS) is 19.8. The smallest absolute Gasteiger partial charge is 0.305 e. The lowest BCUT2D eigenvalue weighted by atomic mass is 10.1. The summed E-state index contributed by atoms with van der Waals surface area (Å²) in [6.45, 7) is 0.941. The molecule has 1 aromatic carbocycles. The van der Waals surface area contributed by atoms with Gasteiger partial charge in [-0.1, -0.05) is 30.3 Å². The van der Waals surface area contributed by atoms with Gasteiger partial charge in [-0.05, 0) is 5.56 Å². The monoisotopic (exact) mass is 294 g/mol. The first-order valence-corrected chi connectivity index (χ1v) is 6.96. The summed E-state index contributed by atoms with van der Waals surface area (Å²) in [7, 11) is 0. The maximum atomic E-state index is 12.5. The summed E-state index contributed by atoms with van der Waals surface area (Å²) in [6, 6.07) is 8.88. The van der Waals surface area contributed by atoms with Crippen LogP contribution in [0, 0.1) is 0 Å². The third-order valence-electron chi connectivity index (χ3n) is 3.65. The second-order valence-electron chi connectivity index (χ2n) is 5.08. The Hall–Kier alpha value is -1.95. The SMILES string of the molecule is O=C(O)CC1C(=O)N(CCF)CCN1Cc1ccccc1. The Morgan fingerprint density at radius 1 is 1.29 bits per heavy atom. The molecule has 1 aromatic rings. The molecular weight excluding hydrogens is 275 g/mol. The number of hydrogen-bond acceptors (Lipinski definition) is 3. The van der Waals surface area contributed by atoms with Crippen LogP contribution >= 0.6 is 0 Å². The van der Waals surface area contributed by atoms with Gasteiger partial charge in [-0.2, -0.15) is 0 Å². The first kappa shape index (κ1) is 15.4. The highest BCUT2D eigenvalue weighted by Crippen LogP contribution is 2.18. The number of piperazine rings is 1. The van der Waals surface area contributed by atoms with Crippen molar-refractivity contribution >= 4 is 11.9 Å². The first-order valence-electron chi connectivity index (χ1n) is 6.96. The molecule has 0 spiro atoms. The van der Waals surface area contributed by atoms with Crippen molar-refractivity contribution in [3.63, 3.8) is 0 Å². The van der Waals surface area contributed by atoms with Gasteiger partial charge in [0.1, 0.15) is 12.7 Å². The predicted molar refractivity (Wildman–Crippen MR) is 75.4 cm³/mol. The Morgan fingerprint density at radius 3 is 2.62 bits per heavy atom. The molecule has 5 nitrogen and oxygen atoms in total. The van der Waals surface area contributed by atoms with Crippen LogP contribution in [-0.2, 0) is 16.1 Å². The van der Waals surface area contributed by atoms with Gasteiger partial charge in [-0.3, -0.25) is 14.5 Å². The number of carboxylic acid groups (broad SMARTS) is 1. The molecular formula is C15H19FN2O3. The minimum Gasteiger partial charge on any atom is -0.481 e. The van der Waals surface area contributed by atoms with Crippen LogP contribution in [0.15, 0.2) is 30.3 Å². The average molecular weight is 294 g/mol. The maximum Gasteiger partial charge on any atom is 0.305 e. The van der Waals surface area contributed by atoms with E-state index in [0.29, 0.717) is 19.6 Å². The molecule has 1 unspecified atom stereocenters. The standard InChI is InChI=1S/C15H19FN2O3/c16-6-7-17-8-9-18(11-12-4-2-1-3-5-12)13(15(17)21)10-14(19)20/h1-5,13H,6-11H2,(H,19,20). The number of nitrogens with zero attached hydrogens (tertiary/aromatic N) is 2. The lowest BCUT2D eigenvalue weighted by Crippen LogP contribution is -2.57. The van der Waals surface area contributed by atoms with E-state index in [1.807, 2.05) is 35.2 Å². The average Bonchev–Trinajstić information content (AvgIpc) is 2.47. The van der Waals surface area contributed by atoms with Gasteiger partial charge in [0.2, 0.25) is 5.91 Å². The molecule has 2 rings (SSSR count). The number of rotatable bonds is 6. The molecule has 1 N–H and O–H groups in total. The van der Waals surface area contributed by atoms with Crippen LogP contribution in [-0.4, -0.2) is 59.1 Å². The van der Waals surface area contributed by atoms with Crippen molar-refractivity contribution in [1.29, 1.82) is 0 Å². The molecule has 6 heteroatoms. The topological polar surface area (TPSA) is 60.9 Å². The molecule has 0 aromatic heterocycles. The van der Waals surface area contributed by atoms with Gasteiger partial charge in [0, 0.05) is 26.2 Å². The molecule has 0 bridgehead atoms. The second-order valence-corrected chi connectivity index (χ2v) is 5.08. The van der Waals surface area contributed by atoms with Crippen molar-refractivity contribution in [2.45, 2.75) is 19.0 Å². The Morgan fingerprint density at radius 2 is 2.00 bits per heavy atom. The van der Waals surface area contributed by atoms with E-state index >= 15 is 0 Å². The Bertz CT molecular complexity index is 495. The molecule has 0 saturated carbocycles. The lowest BCUT2D eigenvalue weighted by molar-refractivity contribution is -0.149. The van der Waals surface area contributed by atoms with Crippen LogP contribution in [0.3, 0.4) is 0 Å². The quantitative estimate of drug-likeness (QED) is 0.855. The third-order valence-corrected chi connectivity index (χ3v) is 3.65. The summed E-state index contributed by atoms with van der Waals surface area (Å²) in [4.78, 5) is 26.6. The largest absolute Gasteiger partial charge is 0.481 e. The van der Waals surface area contributed by atoms with E-state index in [9.17, 15) is 14.0 Å². The van der Waals surface area contributed by atoms with E-state index < -0.39 is 18.7 Å². The maximum absolute atomic E-state index is 12.5. The Balaban J connectivity index is 2.11. The van der Waals surface area contributed by atoms with Crippen LogP contribution in [0.4, 0.5) is 4.39 Å². The first-order chi connectivity index (χ1) is 10.1. The van der Waals surface area contributed by atoms with E-state index in [-0.39, 0.29) is 18.9 Å². The van der Waals surface area contributed by atoms with Crippen LogP contribution in [0.2, 0.25) is 0 Å². The summed E-state index contributed by atoms with van der Waals surface area (Å²) in [6.07, 6.45) is -0.256. The number of carboxylic acids is 1. The fourth-order valence-electron chi connectivity index (χ4n) is 2.60. The number of aliphatic carboxylic acids is 1. The van der Waals surface area contributed by atoms with Crippen molar-refractivity contribution in [1.82, 2.24) is 9.80 Å². The molecule has 1 aliphatic rings. The van der Waals surface area contributed by atoms with Crippen LogP contribution in [0.25, 0.3) is 0 Å². The zero-order valence-electron chi connectivity index (χ0n) is 11.7. The molecule has 0 aliphatic carbocycles. The van der Waals surface area contributed by atoms with Gasteiger partial charge in [0.05, 0.1) is 6.42 Å². The van der Waals surface area contributed by atoms with E-state index in [0.717, 1.165) is 5.56 Å². The third kappa shape index (κ3) is 4.01. The van der Waals surface area contributed by atoms with Crippen LogP contribution in [0.5, 0.6) is 0 Å². The van der Waals surface area contributed by atoms with Crippen molar-refractivity contribution in [2.75, 3.05) is 26.3 Å². The fraction of sp³-hybridized carbons (Fsp3) is 0.467. The molecule has 1 saturated heterocycles.